The number of anilines is 1. The second kappa shape index (κ2) is 7.74. The molecular weight excluding hydrogens is 318 g/mol. The van der Waals surface area contributed by atoms with Gasteiger partial charge >= 0.3 is 0 Å². The van der Waals surface area contributed by atoms with Gasteiger partial charge in [-0.25, -0.2) is 4.98 Å². The molecule has 0 saturated carbocycles. The molecule has 2 aromatic rings. The van der Waals surface area contributed by atoms with Crippen LogP contribution in [0.15, 0.2) is 42.9 Å². The van der Waals surface area contributed by atoms with Gasteiger partial charge in [0.2, 0.25) is 11.8 Å². The Kier molecular flexibility index (Phi) is 5.23. The van der Waals surface area contributed by atoms with E-state index in [1.165, 1.54) is 0 Å². The Morgan fingerprint density at radius 3 is 2.72 bits per heavy atom. The lowest BCUT2D eigenvalue weighted by Gasteiger charge is -2.31. The Labute approximate surface area is 146 Å². The van der Waals surface area contributed by atoms with Crippen LogP contribution in [-0.4, -0.2) is 34.9 Å². The van der Waals surface area contributed by atoms with Gasteiger partial charge in [-0.3, -0.25) is 14.6 Å². The van der Waals surface area contributed by atoms with Crippen LogP contribution in [0.5, 0.6) is 0 Å². The summed E-state index contributed by atoms with van der Waals surface area (Å²) in [6.07, 6.45) is 6.63. The Morgan fingerprint density at radius 2 is 2.04 bits per heavy atom. The molecule has 1 aliphatic rings. The van der Waals surface area contributed by atoms with Crippen molar-refractivity contribution in [3.63, 3.8) is 0 Å². The predicted octanol–water partition coefficient (Wildman–Crippen LogP) is 1.11. The molecule has 0 spiro atoms. The lowest BCUT2D eigenvalue weighted by Crippen LogP contribution is -2.40. The molecule has 0 atom stereocenters. The first-order valence-electron chi connectivity index (χ1n) is 8.31. The van der Waals surface area contributed by atoms with Gasteiger partial charge < -0.3 is 16.0 Å². The SMILES string of the molecule is NC(=O)c1cccc(CNC(=O)C2CCN(c3cnccn3)CC2)c1. The van der Waals surface area contributed by atoms with Crippen LogP contribution in [0, 0.1) is 5.92 Å². The number of carbonyl (C=O) groups excluding carboxylic acids is 2. The number of amides is 2. The van der Waals surface area contributed by atoms with E-state index in [2.05, 4.69) is 20.2 Å². The van der Waals surface area contributed by atoms with E-state index >= 15 is 0 Å². The zero-order chi connectivity index (χ0) is 17.6. The van der Waals surface area contributed by atoms with Crippen LogP contribution >= 0.6 is 0 Å². The number of primary amides is 1. The molecule has 0 radical (unpaired) electrons. The van der Waals surface area contributed by atoms with Crippen molar-refractivity contribution in [3.8, 4) is 0 Å². The molecule has 1 aliphatic heterocycles. The average molecular weight is 339 g/mol. The van der Waals surface area contributed by atoms with Gasteiger partial charge in [-0.15, -0.1) is 0 Å². The van der Waals surface area contributed by atoms with Crippen LogP contribution in [0.25, 0.3) is 0 Å². The van der Waals surface area contributed by atoms with Crippen molar-refractivity contribution < 1.29 is 9.59 Å². The maximum Gasteiger partial charge on any atom is 0.248 e. The van der Waals surface area contributed by atoms with E-state index in [1.807, 2.05) is 6.07 Å². The van der Waals surface area contributed by atoms with E-state index in [0.29, 0.717) is 12.1 Å². The minimum Gasteiger partial charge on any atom is -0.366 e. The van der Waals surface area contributed by atoms with E-state index in [1.54, 1.807) is 36.8 Å². The maximum absolute atomic E-state index is 12.4. The summed E-state index contributed by atoms with van der Waals surface area (Å²) in [7, 11) is 0. The monoisotopic (exact) mass is 339 g/mol. The van der Waals surface area contributed by atoms with Gasteiger partial charge in [0.05, 0.1) is 6.20 Å². The Hall–Kier alpha value is -2.96. The molecule has 2 amide bonds. The lowest BCUT2D eigenvalue weighted by molar-refractivity contribution is -0.125. The zero-order valence-electron chi connectivity index (χ0n) is 13.9. The number of nitrogens with zero attached hydrogens (tertiary/aromatic N) is 3. The second-order valence-electron chi connectivity index (χ2n) is 6.11. The summed E-state index contributed by atoms with van der Waals surface area (Å²) in [5.41, 5.74) is 6.59. The molecule has 130 valence electrons. The number of rotatable bonds is 5. The topological polar surface area (TPSA) is 101 Å². The lowest BCUT2D eigenvalue weighted by atomic mass is 9.96. The van der Waals surface area contributed by atoms with Gasteiger partial charge in [-0.2, -0.15) is 0 Å². The smallest absolute Gasteiger partial charge is 0.248 e. The third-order valence-corrected chi connectivity index (χ3v) is 4.42. The molecule has 1 fully saturated rings. The summed E-state index contributed by atoms with van der Waals surface area (Å²) in [6.45, 7) is 1.96. The normalized spacial score (nSPS) is 15.0. The third kappa shape index (κ3) is 4.32. The molecule has 0 unspecified atom stereocenters. The van der Waals surface area contributed by atoms with Crippen molar-refractivity contribution in [2.45, 2.75) is 19.4 Å². The summed E-state index contributed by atoms with van der Waals surface area (Å²) in [6, 6.07) is 7.00. The number of hydrogen-bond acceptors (Lipinski definition) is 5. The number of hydrogen-bond donors (Lipinski definition) is 2. The molecule has 0 bridgehead atoms. The molecular formula is C18H21N5O2. The van der Waals surface area contributed by atoms with Gasteiger partial charge in [-0.05, 0) is 30.5 Å². The molecule has 1 aromatic carbocycles. The standard InChI is InChI=1S/C18H21N5O2/c19-17(24)15-3-1-2-13(10-15)11-22-18(25)14-4-8-23(9-5-14)16-12-20-6-7-21-16/h1-3,6-7,10,12,14H,4-5,8-9,11H2,(H2,19,24)(H,22,25). The van der Waals surface area contributed by atoms with Crippen molar-refractivity contribution in [2.75, 3.05) is 18.0 Å². The first-order valence-corrected chi connectivity index (χ1v) is 8.31. The summed E-state index contributed by atoms with van der Waals surface area (Å²) in [4.78, 5) is 34.1. The number of carbonyl (C=O) groups is 2. The van der Waals surface area contributed by atoms with Crippen LogP contribution in [0.4, 0.5) is 5.82 Å². The highest BCUT2D eigenvalue weighted by Gasteiger charge is 2.25. The highest BCUT2D eigenvalue weighted by Crippen LogP contribution is 2.21. The molecule has 3 rings (SSSR count). The van der Waals surface area contributed by atoms with E-state index in [0.717, 1.165) is 37.3 Å². The number of benzene rings is 1. The molecule has 3 N–H and O–H groups in total. The number of nitrogens with one attached hydrogen (secondary N) is 1. The minimum atomic E-state index is -0.468. The quantitative estimate of drug-likeness (QED) is 0.850. The Morgan fingerprint density at radius 1 is 1.24 bits per heavy atom. The van der Waals surface area contributed by atoms with Crippen LogP contribution in [-0.2, 0) is 11.3 Å². The largest absolute Gasteiger partial charge is 0.366 e. The Bertz CT molecular complexity index is 742. The molecule has 0 aliphatic carbocycles. The summed E-state index contributed by atoms with van der Waals surface area (Å²) in [5, 5.41) is 2.95. The summed E-state index contributed by atoms with van der Waals surface area (Å²) >= 11 is 0. The fourth-order valence-corrected chi connectivity index (χ4v) is 2.99. The van der Waals surface area contributed by atoms with Crippen LogP contribution < -0.4 is 16.0 Å². The van der Waals surface area contributed by atoms with Crippen molar-refractivity contribution in [3.05, 3.63) is 54.0 Å². The average Bonchev–Trinajstić information content (AvgIpc) is 2.67. The third-order valence-electron chi connectivity index (χ3n) is 4.42. The van der Waals surface area contributed by atoms with Crippen molar-refractivity contribution in [1.82, 2.24) is 15.3 Å². The van der Waals surface area contributed by atoms with Gasteiger partial charge in [0.25, 0.3) is 0 Å². The summed E-state index contributed by atoms with van der Waals surface area (Å²) in [5.74, 6) is 0.421. The number of aromatic nitrogens is 2. The highest BCUT2D eigenvalue weighted by atomic mass is 16.2. The summed E-state index contributed by atoms with van der Waals surface area (Å²) < 4.78 is 0. The first-order chi connectivity index (χ1) is 12.1. The van der Waals surface area contributed by atoms with Crippen LogP contribution in [0.2, 0.25) is 0 Å². The molecule has 25 heavy (non-hydrogen) atoms. The minimum absolute atomic E-state index is 0.00718. The van der Waals surface area contributed by atoms with Gasteiger partial charge in [0.1, 0.15) is 5.82 Å². The number of nitrogens with two attached hydrogens (primary N) is 1. The van der Waals surface area contributed by atoms with E-state index in [-0.39, 0.29) is 11.8 Å². The van der Waals surface area contributed by atoms with Gasteiger partial charge in [0, 0.05) is 43.5 Å². The van der Waals surface area contributed by atoms with E-state index in [4.69, 9.17) is 5.73 Å². The fraction of sp³-hybridized carbons (Fsp3) is 0.333. The van der Waals surface area contributed by atoms with E-state index < -0.39 is 5.91 Å². The van der Waals surface area contributed by atoms with E-state index in [9.17, 15) is 9.59 Å². The van der Waals surface area contributed by atoms with Crippen LogP contribution in [0.3, 0.4) is 0 Å². The van der Waals surface area contributed by atoms with Crippen molar-refractivity contribution in [2.24, 2.45) is 11.7 Å². The van der Waals surface area contributed by atoms with Gasteiger partial charge in [-0.1, -0.05) is 12.1 Å². The molecule has 1 aromatic heterocycles. The molecule has 7 nitrogen and oxygen atoms in total. The molecule has 7 heteroatoms. The maximum atomic E-state index is 12.4. The highest BCUT2D eigenvalue weighted by molar-refractivity contribution is 5.92. The van der Waals surface area contributed by atoms with Gasteiger partial charge in [0.15, 0.2) is 0 Å². The molecule has 1 saturated heterocycles. The number of piperidine rings is 1. The van der Waals surface area contributed by atoms with Crippen molar-refractivity contribution in [1.29, 1.82) is 0 Å². The molecule has 2 heterocycles. The fourth-order valence-electron chi connectivity index (χ4n) is 2.99. The first kappa shape index (κ1) is 16.9. The zero-order valence-corrected chi connectivity index (χ0v) is 13.9. The predicted molar refractivity (Wildman–Crippen MR) is 93.8 cm³/mol. The van der Waals surface area contributed by atoms with Crippen LogP contribution in [0.1, 0.15) is 28.8 Å². The van der Waals surface area contributed by atoms with Crippen molar-refractivity contribution >= 4 is 17.6 Å². The Balaban J connectivity index is 1.50. The second-order valence-corrected chi connectivity index (χ2v) is 6.11.